The van der Waals surface area contributed by atoms with Crippen LogP contribution in [0.5, 0.6) is 0 Å². The van der Waals surface area contributed by atoms with E-state index in [0.717, 1.165) is 31.6 Å². The zero-order valence-corrected chi connectivity index (χ0v) is 13.0. The number of aromatic nitrogens is 2. The van der Waals surface area contributed by atoms with Crippen LogP contribution in [-0.2, 0) is 6.54 Å². The van der Waals surface area contributed by atoms with Crippen molar-refractivity contribution in [3.63, 3.8) is 0 Å². The molecule has 2 saturated carbocycles. The van der Waals surface area contributed by atoms with E-state index in [-0.39, 0.29) is 6.10 Å². The van der Waals surface area contributed by atoms with E-state index in [1.54, 1.807) is 0 Å². The van der Waals surface area contributed by atoms with Crippen molar-refractivity contribution >= 4 is 0 Å². The van der Waals surface area contributed by atoms with Crippen molar-refractivity contribution in [2.24, 2.45) is 5.92 Å². The molecule has 3 rings (SSSR count). The Morgan fingerprint density at radius 3 is 2.62 bits per heavy atom. The van der Waals surface area contributed by atoms with Gasteiger partial charge in [-0.3, -0.25) is 4.90 Å². The summed E-state index contributed by atoms with van der Waals surface area (Å²) in [6, 6.07) is 0. The van der Waals surface area contributed by atoms with E-state index in [1.165, 1.54) is 32.1 Å². The minimum atomic E-state index is -0.141. The molecule has 1 aromatic rings. The smallest absolute Gasteiger partial charge is 0.240 e. The van der Waals surface area contributed by atoms with Crippen molar-refractivity contribution in [2.75, 3.05) is 13.6 Å². The van der Waals surface area contributed by atoms with Gasteiger partial charge in [0.1, 0.15) is 0 Å². The van der Waals surface area contributed by atoms with Crippen LogP contribution in [0.3, 0.4) is 0 Å². The Bertz CT molecular complexity index is 442. The summed E-state index contributed by atoms with van der Waals surface area (Å²) in [4.78, 5) is 6.76. The van der Waals surface area contributed by atoms with Gasteiger partial charge in [-0.25, -0.2) is 0 Å². The number of rotatable bonds is 5. The van der Waals surface area contributed by atoms with Gasteiger partial charge in [0, 0.05) is 12.5 Å². The Morgan fingerprint density at radius 1 is 1.14 bits per heavy atom. The molecule has 118 valence electrons. The zero-order chi connectivity index (χ0) is 14.7. The van der Waals surface area contributed by atoms with Gasteiger partial charge in [0.25, 0.3) is 0 Å². The van der Waals surface area contributed by atoms with E-state index in [1.807, 2.05) is 0 Å². The van der Waals surface area contributed by atoms with Crippen LogP contribution in [0.25, 0.3) is 0 Å². The van der Waals surface area contributed by atoms with Crippen LogP contribution in [0, 0.1) is 5.92 Å². The second-order valence-corrected chi connectivity index (χ2v) is 6.84. The van der Waals surface area contributed by atoms with Crippen LogP contribution in [0.1, 0.15) is 69.0 Å². The molecule has 1 N–H and O–H groups in total. The maximum absolute atomic E-state index is 10.1. The van der Waals surface area contributed by atoms with Crippen LogP contribution < -0.4 is 0 Å². The van der Waals surface area contributed by atoms with Crippen molar-refractivity contribution in [3.8, 4) is 0 Å². The average molecular weight is 293 g/mol. The monoisotopic (exact) mass is 293 g/mol. The lowest BCUT2D eigenvalue weighted by Gasteiger charge is -2.30. The molecule has 0 radical (unpaired) electrons. The Kier molecular flexibility index (Phi) is 4.91. The van der Waals surface area contributed by atoms with Gasteiger partial charge >= 0.3 is 0 Å². The molecule has 0 aromatic carbocycles. The molecule has 5 nitrogen and oxygen atoms in total. The van der Waals surface area contributed by atoms with E-state index < -0.39 is 0 Å². The molecule has 1 heterocycles. The van der Waals surface area contributed by atoms with Crippen molar-refractivity contribution in [1.82, 2.24) is 15.0 Å². The first kappa shape index (κ1) is 15.0. The highest BCUT2D eigenvalue weighted by Crippen LogP contribution is 2.32. The first-order valence-electron chi connectivity index (χ1n) is 8.41. The summed E-state index contributed by atoms with van der Waals surface area (Å²) in [5.74, 6) is 2.51. The maximum atomic E-state index is 10.1. The number of hydrogen-bond donors (Lipinski definition) is 1. The predicted molar refractivity (Wildman–Crippen MR) is 79.8 cm³/mol. The molecule has 0 amide bonds. The largest absolute Gasteiger partial charge is 0.393 e. The minimum absolute atomic E-state index is 0.141. The molecule has 21 heavy (non-hydrogen) atoms. The number of aliphatic hydroxyl groups is 1. The van der Waals surface area contributed by atoms with E-state index in [0.29, 0.717) is 24.3 Å². The van der Waals surface area contributed by atoms with E-state index >= 15 is 0 Å². The topological polar surface area (TPSA) is 62.4 Å². The zero-order valence-electron chi connectivity index (χ0n) is 13.0. The highest BCUT2D eigenvalue weighted by atomic mass is 16.5. The third kappa shape index (κ3) is 3.83. The summed E-state index contributed by atoms with van der Waals surface area (Å²) in [5, 5.41) is 14.2. The molecule has 0 bridgehead atoms. The fraction of sp³-hybridized carbons (Fsp3) is 0.875. The lowest BCUT2D eigenvalue weighted by Crippen LogP contribution is -2.34. The molecule has 1 aromatic heterocycles. The first-order valence-corrected chi connectivity index (χ1v) is 8.41. The summed E-state index contributed by atoms with van der Waals surface area (Å²) in [6.45, 7) is 1.59. The minimum Gasteiger partial charge on any atom is -0.393 e. The summed E-state index contributed by atoms with van der Waals surface area (Å²) in [6.07, 6.45) is 9.30. The van der Waals surface area contributed by atoms with Crippen molar-refractivity contribution in [1.29, 1.82) is 0 Å². The van der Waals surface area contributed by atoms with Gasteiger partial charge in [0.05, 0.1) is 12.6 Å². The Balaban J connectivity index is 1.51. The first-order chi connectivity index (χ1) is 10.2. The fourth-order valence-electron chi connectivity index (χ4n) is 3.78. The molecule has 0 aliphatic heterocycles. The molecule has 2 unspecified atom stereocenters. The number of aliphatic hydroxyl groups excluding tert-OH is 1. The van der Waals surface area contributed by atoms with Gasteiger partial charge in [-0.1, -0.05) is 30.8 Å². The lowest BCUT2D eigenvalue weighted by atomic mass is 9.86. The lowest BCUT2D eigenvalue weighted by molar-refractivity contribution is 0.0484. The van der Waals surface area contributed by atoms with Gasteiger partial charge in [-0.05, 0) is 38.6 Å². The highest BCUT2D eigenvalue weighted by molar-refractivity contribution is 4.97. The molecule has 0 saturated heterocycles. The van der Waals surface area contributed by atoms with E-state index in [4.69, 9.17) is 4.52 Å². The summed E-state index contributed by atoms with van der Waals surface area (Å²) in [7, 11) is 2.07. The molecule has 0 spiro atoms. The second-order valence-electron chi connectivity index (χ2n) is 6.84. The second kappa shape index (κ2) is 6.88. The molecule has 2 atom stereocenters. The summed E-state index contributed by atoms with van der Waals surface area (Å²) >= 11 is 0. The molecular formula is C16H27N3O2. The normalized spacial score (nSPS) is 27.6. The summed E-state index contributed by atoms with van der Waals surface area (Å²) < 4.78 is 5.40. The van der Waals surface area contributed by atoms with E-state index in [2.05, 4.69) is 22.1 Å². The van der Waals surface area contributed by atoms with Gasteiger partial charge in [-0.15, -0.1) is 0 Å². The van der Waals surface area contributed by atoms with Crippen LogP contribution in [0.4, 0.5) is 0 Å². The average Bonchev–Trinajstić information content (AvgIpc) is 3.12. The third-order valence-corrected chi connectivity index (χ3v) is 5.02. The van der Waals surface area contributed by atoms with Crippen molar-refractivity contribution in [2.45, 2.75) is 69.9 Å². The third-order valence-electron chi connectivity index (χ3n) is 5.02. The Labute approximate surface area is 126 Å². The van der Waals surface area contributed by atoms with Crippen LogP contribution >= 0.6 is 0 Å². The van der Waals surface area contributed by atoms with Gasteiger partial charge < -0.3 is 9.63 Å². The number of nitrogens with zero attached hydrogens (tertiary/aromatic N) is 3. The Hall–Kier alpha value is -0.940. The van der Waals surface area contributed by atoms with Crippen LogP contribution in [-0.4, -0.2) is 39.8 Å². The quantitative estimate of drug-likeness (QED) is 0.904. The fourth-order valence-corrected chi connectivity index (χ4v) is 3.78. The molecule has 2 fully saturated rings. The van der Waals surface area contributed by atoms with Crippen LogP contribution in [0.15, 0.2) is 4.52 Å². The van der Waals surface area contributed by atoms with Crippen LogP contribution in [0.2, 0.25) is 0 Å². The van der Waals surface area contributed by atoms with Crippen molar-refractivity contribution in [3.05, 3.63) is 11.7 Å². The molecule has 2 aliphatic rings. The molecule has 2 aliphatic carbocycles. The number of hydrogen-bond acceptors (Lipinski definition) is 5. The van der Waals surface area contributed by atoms with Gasteiger partial charge in [-0.2, -0.15) is 4.98 Å². The standard InChI is InChI=1S/C16H27N3O2/c1-19(10-13-8-4-5-9-14(13)20)11-15-17-16(18-21-15)12-6-2-3-7-12/h12-14,20H,2-11H2,1H3. The van der Waals surface area contributed by atoms with E-state index in [9.17, 15) is 5.11 Å². The maximum Gasteiger partial charge on any atom is 0.240 e. The molecular weight excluding hydrogens is 266 g/mol. The predicted octanol–water partition coefficient (Wildman–Crippen LogP) is 2.71. The Morgan fingerprint density at radius 2 is 1.86 bits per heavy atom. The van der Waals surface area contributed by atoms with Crippen molar-refractivity contribution < 1.29 is 9.63 Å². The summed E-state index contributed by atoms with van der Waals surface area (Å²) in [5.41, 5.74) is 0. The molecule has 5 heteroatoms. The van der Waals surface area contributed by atoms with Gasteiger partial charge in [0.15, 0.2) is 5.82 Å². The SMILES string of the molecule is CN(Cc1nc(C2CCCC2)no1)CC1CCCCC1O. The van der Waals surface area contributed by atoms with Gasteiger partial charge in [0.2, 0.25) is 5.89 Å². The highest BCUT2D eigenvalue weighted by Gasteiger charge is 2.25.